The fourth-order valence-corrected chi connectivity index (χ4v) is 4.97. The predicted molar refractivity (Wildman–Crippen MR) is 170 cm³/mol. The van der Waals surface area contributed by atoms with Gasteiger partial charge in [-0.25, -0.2) is 9.97 Å². The zero-order valence-electron chi connectivity index (χ0n) is 21.9. The summed E-state index contributed by atoms with van der Waals surface area (Å²) in [5.41, 5.74) is 8.57. The molecule has 202 valence electrons. The monoisotopic (exact) mass is 590 g/mol. The Kier molecular flexibility index (Phi) is 12.8. The minimum Gasteiger partial charge on any atom is -0.369 e. The van der Waals surface area contributed by atoms with Crippen molar-refractivity contribution in [3.63, 3.8) is 0 Å². The van der Waals surface area contributed by atoms with Gasteiger partial charge in [-0.2, -0.15) is 0 Å². The smallest absolute Gasteiger partial charge is 0.116 e. The van der Waals surface area contributed by atoms with Gasteiger partial charge in [-0.3, -0.25) is 0 Å². The molecule has 0 aliphatic carbocycles. The van der Waals surface area contributed by atoms with Gasteiger partial charge in [-0.05, 0) is 78.6 Å². The fraction of sp³-hybridized carbons (Fsp3) is 0.333. The molecule has 2 aromatic carbocycles. The van der Waals surface area contributed by atoms with E-state index < -0.39 is 0 Å². The van der Waals surface area contributed by atoms with E-state index in [9.17, 15) is 0 Å². The van der Waals surface area contributed by atoms with E-state index in [2.05, 4.69) is 82.2 Å². The van der Waals surface area contributed by atoms with E-state index >= 15 is 0 Å². The highest BCUT2D eigenvalue weighted by atomic mass is 35.5. The first-order valence-electron chi connectivity index (χ1n) is 12.6. The number of hydrogen-bond donors (Lipinski definition) is 0. The van der Waals surface area contributed by atoms with Crippen molar-refractivity contribution in [2.24, 2.45) is 0 Å². The molecule has 4 nitrogen and oxygen atoms in total. The molecule has 0 unspecified atom stereocenters. The normalized spacial score (nSPS) is 11.5. The molecule has 0 aliphatic rings. The van der Waals surface area contributed by atoms with Crippen LogP contribution in [0.15, 0.2) is 48.8 Å². The van der Waals surface area contributed by atoms with Gasteiger partial charge >= 0.3 is 0 Å². The summed E-state index contributed by atoms with van der Waals surface area (Å²) < 4.78 is 0. The highest BCUT2D eigenvalue weighted by Crippen LogP contribution is 2.23. The maximum atomic E-state index is 5.96. The third kappa shape index (κ3) is 8.91. The molecule has 3 rings (SSSR count). The number of alkyl halides is 4. The van der Waals surface area contributed by atoms with Crippen molar-refractivity contribution in [2.75, 3.05) is 59.5 Å². The van der Waals surface area contributed by atoms with Crippen LogP contribution in [0, 0.1) is 13.8 Å². The molecule has 8 heteroatoms. The second kappa shape index (κ2) is 16.0. The Morgan fingerprint density at radius 2 is 0.974 bits per heavy atom. The van der Waals surface area contributed by atoms with Crippen molar-refractivity contribution < 1.29 is 0 Å². The summed E-state index contributed by atoms with van der Waals surface area (Å²) in [6, 6.07) is 14.8. The van der Waals surface area contributed by atoms with Crippen LogP contribution in [0.25, 0.3) is 24.3 Å². The maximum Gasteiger partial charge on any atom is 0.116 e. The van der Waals surface area contributed by atoms with Gasteiger partial charge < -0.3 is 9.80 Å². The summed E-state index contributed by atoms with van der Waals surface area (Å²) in [6.45, 7) is 7.29. The first-order valence-corrected chi connectivity index (χ1v) is 14.8. The highest BCUT2D eigenvalue weighted by molar-refractivity contribution is 6.19. The maximum absolute atomic E-state index is 5.96. The fourth-order valence-electron chi connectivity index (χ4n) is 4.16. The Bertz CT molecular complexity index is 1130. The zero-order chi connectivity index (χ0) is 27.3. The third-order valence-corrected chi connectivity index (χ3v) is 6.91. The minimum atomic E-state index is 0.564. The first-order chi connectivity index (χ1) is 18.5. The summed E-state index contributed by atoms with van der Waals surface area (Å²) in [4.78, 5) is 13.2. The standard InChI is InChI=1S/C30H34Cl4N4/c1-23-19-29(37(15-11-31)16-12-32)9-5-25(23)3-7-27-21-28(36-22-35-27)8-4-26-6-10-30(20-24(26)2)38(17-13-33)18-14-34/h3-10,19-22H,11-18H2,1-2H3/b7-3-,8-4-. The number of benzene rings is 2. The highest BCUT2D eigenvalue weighted by Gasteiger charge is 2.08. The van der Waals surface area contributed by atoms with Gasteiger partial charge in [0, 0.05) is 61.1 Å². The summed E-state index contributed by atoms with van der Waals surface area (Å²) >= 11 is 23.9. The molecule has 0 saturated heterocycles. The Labute approximate surface area is 246 Å². The molecule has 0 amide bonds. The molecule has 0 saturated carbocycles. The van der Waals surface area contributed by atoms with Crippen molar-refractivity contribution in [3.05, 3.63) is 82.4 Å². The lowest BCUT2D eigenvalue weighted by Gasteiger charge is -2.23. The van der Waals surface area contributed by atoms with Crippen molar-refractivity contribution in [2.45, 2.75) is 13.8 Å². The van der Waals surface area contributed by atoms with Gasteiger partial charge in [-0.15, -0.1) is 46.4 Å². The van der Waals surface area contributed by atoms with Crippen LogP contribution in [-0.2, 0) is 0 Å². The van der Waals surface area contributed by atoms with Gasteiger partial charge in [0.05, 0.1) is 11.4 Å². The number of nitrogens with zero attached hydrogens (tertiary/aromatic N) is 4. The number of aryl methyl sites for hydroxylation is 2. The van der Waals surface area contributed by atoms with Gasteiger partial charge in [-0.1, -0.05) is 24.3 Å². The Hall–Kier alpha value is -2.24. The second-order valence-corrected chi connectivity index (χ2v) is 10.4. The van der Waals surface area contributed by atoms with Crippen LogP contribution in [0.3, 0.4) is 0 Å². The van der Waals surface area contributed by atoms with Crippen LogP contribution in [0.4, 0.5) is 11.4 Å². The Balaban J connectivity index is 1.72. The van der Waals surface area contributed by atoms with Crippen molar-refractivity contribution in [1.82, 2.24) is 9.97 Å². The van der Waals surface area contributed by atoms with Crippen LogP contribution >= 0.6 is 46.4 Å². The van der Waals surface area contributed by atoms with Crippen molar-refractivity contribution in [1.29, 1.82) is 0 Å². The quantitative estimate of drug-likeness (QED) is 0.178. The molecule has 0 fully saturated rings. The molecular formula is C30H34Cl4N4. The van der Waals surface area contributed by atoms with E-state index in [0.717, 1.165) is 60.1 Å². The van der Waals surface area contributed by atoms with Gasteiger partial charge in [0.2, 0.25) is 0 Å². The summed E-state index contributed by atoms with van der Waals surface area (Å²) in [5, 5.41) is 0. The summed E-state index contributed by atoms with van der Waals surface area (Å²) in [5.74, 6) is 2.26. The van der Waals surface area contributed by atoms with Crippen LogP contribution in [0.5, 0.6) is 0 Å². The van der Waals surface area contributed by atoms with Crippen molar-refractivity contribution >= 4 is 82.1 Å². The summed E-state index contributed by atoms with van der Waals surface area (Å²) in [7, 11) is 0. The van der Waals surface area contributed by atoms with Crippen LogP contribution in [-0.4, -0.2) is 59.7 Å². The van der Waals surface area contributed by atoms with Crippen LogP contribution < -0.4 is 9.80 Å². The number of halogens is 4. The molecule has 3 aromatic rings. The average Bonchev–Trinajstić information content (AvgIpc) is 2.91. The van der Waals surface area contributed by atoms with E-state index in [1.807, 2.05) is 18.2 Å². The van der Waals surface area contributed by atoms with Crippen LogP contribution in [0.1, 0.15) is 33.6 Å². The molecule has 1 heterocycles. The third-order valence-electron chi connectivity index (χ3n) is 6.23. The van der Waals surface area contributed by atoms with E-state index in [-0.39, 0.29) is 0 Å². The molecule has 0 atom stereocenters. The molecule has 1 aromatic heterocycles. The second-order valence-electron chi connectivity index (χ2n) is 8.85. The van der Waals surface area contributed by atoms with Gasteiger partial charge in [0.15, 0.2) is 0 Å². The lowest BCUT2D eigenvalue weighted by Crippen LogP contribution is -2.27. The average molecular weight is 592 g/mol. The van der Waals surface area contributed by atoms with Gasteiger partial charge in [0.25, 0.3) is 0 Å². The topological polar surface area (TPSA) is 32.3 Å². The number of anilines is 2. The Morgan fingerprint density at radius 1 is 0.579 bits per heavy atom. The van der Waals surface area contributed by atoms with E-state index in [4.69, 9.17) is 46.4 Å². The van der Waals surface area contributed by atoms with E-state index in [0.29, 0.717) is 23.5 Å². The largest absolute Gasteiger partial charge is 0.369 e. The molecule has 0 N–H and O–H groups in total. The molecule has 38 heavy (non-hydrogen) atoms. The molecule has 0 spiro atoms. The SMILES string of the molecule is Cc1cc(N(CCCl)CCCl)ccc1/C=C\c1cc(/C=C\c2ccc(N(CCCl)CCCl)cc2C)ncn1. The molecule has 0 aliphatic heterocycles. The van der Waals surface area contributed by atoms with Crippen molar-refractivity contribution in [3.8, 4) is 0 Å². The zero-order valence-corrected chi connectivity index (χ0v) is 24.9. The van der Waals surface area contributed by atoms with E-state index in [1.54, 1.807) is 6.33 Å². The van der Waals surface area contributed by atoms with Crippen LogP contribution in [0.2, 0.25) is 0 Å². The lowest BCUT2D eigenvalue weighted by atomic mass is 10.1. The van der Waals surface area contributed by atoms with Gasteiger partial charge in [0.1, 0.15) is 6.33 Å². The number of hydrogen-bond acceptors (Lipinski definition) is 4. The molecular weight excluding hydrogens is 558 g/mol. The number of rotatable bonds is 14. The lowest BCUT2D eigenvalue weighted by molar-refractivity contribution is 0.873. The predicted octanol–water partition coefficient (Wildman–Crippen LogP) is 8.00. The first kappa shape index (κ1) is 30.3. The van der Waals surface area contributed by atoms with E-state index in [1.165, 1.54) is 11.1 Å². The molecule has 0 radical (unpaired) electrons. The molecule has 0 bridgehead atoms. The number of aromatic nitrogens is 2. The minimum absolute atomic E-state index is 0.564. The summed E-state index contributed by atoms with van der Waals surface area (Å²) in [6.07, 6.45) is 9.78. The Morgan fingerprint density at radius 3 is 1.32 bits per heavy atom.